The first-order chi connectivity index (χ1) is 14.4. The molecule has 2 fully saturated rings. The van der Waals surface area contributed by atoms with Gasteiger partial charge in [0.1, 0.15) is 5.82 Å². The molecule has 1 atom stereocenters. The lowest BCUT2D eigenvalue weighted by Crippen LogP contribution is -2.35. The van der Waals surface area contributed by atoms with Crippen molar-refractivity contribution in [2.45, 2.75) is 31.2 Å². The van der Waals surface area contributed by atoms with Crippen LogP contribution in [0.15, 0.2) is 60.7 Å². The van der Waals surface area contributed by atoms with Gasteiger partial charge in [0, 0.05) is 38.1 Å². The molecule has 0 spiro atoms. The first-order valence-corrected chi connectivity index (χ1v) is 11.0. The van der Waals surface area contributed by atoms with Gasteiger partial charge < -0.3 is 9.88 Å². The fourth-order valence-corrected chi connectivity index (χ4v) is 4.87. The first-order valence-electron chi connectivity index (χ1n) is 11.0. The smallest absolute Gasteiger partial charge is 0.114 e. The van der Waals surface area contributed by atoms with Crippen LogP contribution in [0.1, 0.15) is 42.6 Å². The molecule has 2 aromatic carbocycles. The quantitative estimate of drug-likeness (QED) is 0.703. The standard InChI is InChI=1S/C25H30N4/c1-2-7-20(8-3-1)9-6-16-28-17-13-22(14-18-28)29-24-11-5-4-10-23(24)27-25(29)21-12-15-26-19-21/h1-11,21-22,26H,12-19H2/b9-6+/t21-/m1/s1. The van der Waals surface area contributed by atoms with Gasteiger partial charge in [-0.1, -0.05) is 54.6 Å². The number of nitrogens with one attached hydrogen (secondary N) is 1. The topological polar surface area (TPSA) is 33.1 Å². The number of nitrogens with zero attached hydrogens (tertiary/aromatic N) is 3. The zero-order valence-corrected chi connectivity index (χ0v) is 17.0. The molecule has 1 N–H and O–H groups in total. The summed E-state index contributed by atoms with van der Waals surface area (Å²) in [7, 11) is 0. The maximum absolute atomic E-state index is 5.07. The Kier molecular flexibility index (Phi) is 5.46. The molecule has 150 valence electrons. The van der Waals surface area contributed by atoms with Crippen molar-refractivity contribution >= 4 is 17.1 Å². The van der Waals surface area contributed by atoms with E-state index in [0.29, 0.717) is 12.0 Å². The maximum atomic E-state index is 5.07. The van der Waals surface area contributed by atoms with E-state index in [2.05, 4.69) is 81.5 Å². The van der Waals surface area contributed by atoms with Gasteiger partial charge in [0.25, 0.3) is 0 Å². The molecule has 0 bridgehead atoms. The van der Waals surface area contributed by atoms with Crippen LogP contribution in [0.5, 0.6) is 0 Å². The fourth-order valence-electron chi connectivity index (χ4n) is 4.87. The highest BCUT2D eigenvalue weighted by Gasteiger charge is 2.28. The summed E-state index contributed by atoms with van der Waals surface area (Å²) in [4.78, 5) is 7.65. The van der Waals surface area contributed by atoms with Crippen LogP contribution in [0.4, 0.5) is 0 Å². The highest BCUT2D eigenvalue weighted by molar-refractivity contribution is 5.76. The van der Waals surface area contributed by atoms with Crippen LogP contribution in [-0.2, 0) is 0 Å². The van der Waals surface area contributed by atoms with Gasteiger partial charge in [0.2, 0.25) is 0 Å². The molecule has 0 radical (unpaired) electrons. The Hall–Kier alpha value is -2.43. The summed E-state index contributed by atoms with van der Waals surface area (Å²) in [6, 6.07) is 19.8. The predicted octanol–water partition coefficient (Wildman–Crippen LogP) is 4.46. The number of hydrogen-bond donors (Lipinski definition) is 1. The van der Waals surface area contributed by atoms with E-state index in [1.807, 2.05) is 0 Å². The van der Waals surface area contributed by atoms with Gasteiger partial charge in [-0.2, -0.15) is 0 Å². The molecular weight excluding hydrogens is 356 g/mol. The second-order valence-corrected chi connectivity index (χ2v) is 8.36. The third-order valence-corrected chi connectivity index (χ3v) is 6.44. The largest absolute Gasteiger partial charge is 0.324 e. The molecule has 2 aliphatic rings. The van der Waals surface area contributed by atoms with Gasteiger partial charge in [-0.25, -0.2) is 4.98 Å². The summed E-state index contributed by atoms with van der Waals surface area (Å²) in [5, 5.41) is 3.52. The molecular formula is C25H30N4. The highest BCUT2D eigenvalue weighted by atomic mass is 15.2. The molecule has 3 aromatic rings. The molecule has 0 amide bonds. The van der Waals surface area contributed by atoms with Crippen LogP contribution < -0.4 is 5.32 Å². The normalized spacial score (nSPS) is 21.4. The lowest BCUT2D eigenvalue weighted by Gasteiger charge is -2.33. The molecule has 0 unspecified atom stereocenters. The van der Waals surface area contributed by atoms with Crippen LogP contribution in [0.25, 0.3) is 17.1 Å². The zero-order valence-electron chi connectivity index (χ0n) is 17.0. The molecule has 2 saturated heterocycles. The zero-order chi connectivity index (χ0) is 19.5. The number of aromatic nitrogens is 2. The van der Waals surface area contributed by atoms with Crippen molar-refractivity contribution in [2.24, 2.45) is 0 Å². The SMILES string of the molecule is C(=C\c1ccccc1)/CN1CCC(n2c([C@@H]3CCNC3)nc3ccccc32)CC1. The number of para-hydroxylation sites is 2. The predicted molar refractivity (Wildman–Crippen MR) is 120 cm³/mol. The van der Waals surface area contributed by atoms with Gasteiger partial charge >= 0.3 is 0 Å². The molecule has 4 heteroatoms. The summed E-state index contributed by atoms with van der Waals surface area (Å²) in [6.07, 6.45) is 8.14. The minimum Gasteiger partial charge on any atom is -0.324 e. The second kappa shape index (κ2) is 8.52. The van der Waals surface area contributed by atoms with E-state index in [1.54, 1.807) is 0 Å². The monoisotopic (exact) mass is 386 g/mol. The molecule has 0 aliphatic carbocycles. The van der Waals surface area contributed by atoms with E-state index in [9.17, 15) is 0 Å². The lowest BCUT2D eigenvalue weighted by atomic mass is 10.0. The number of hydrogen-bond acceptors (Lipinski definition) is 3. The van der Waals surface area contributed by atoms with E-state index in [1.165, 1.54) is 36.2 Å². The van der Waals surface area contributed by atoms with Gasteiger partial charge in [0.05, 0.1) is 11.0 Å². The van der Waals surface area contributed by atoms with Gasteiger partial charge in [0.15, 0.2) is 0 Å². The van der Waals surface area contributed by atoms with Gasteiger partial charge in [-0.3, -0.25) is 4.90 Å². The molecule has 2 aliphatic heterocycles. The van der Waals surface area contributed by atoms with Gasteiger partial charge in [-0.15, -0.1) is 0 Å². The molecule has 5 rings (SSSR count). The average molecular weight is 387 g/mol. The fraction of sp³-hybridized carbons (Fsp3) is 0.400. The number of rotatable bonds is 5. The Bertz CT molecular complexity index is 961. The van der Waals surface area contributed by atoms with Crippen molar-refractivity contribution in [1.29, 1.82) is 0 Å². The Labute approximate surface area is 173 Å². The van der Waals surface area contributed by atoms with Crippen LogP contribution in [-0.4, -0.2) is 47.2 Å². The van der Waals surface area contributed by atoms with Crippen molar-refractivity contribution in [3.63, 3.8) is 0 Å². The molecule has 29 heavy (non-hydrogen) atoms. The van der Waals surface area contributed by atoms with Crippen molar-refractivity contribution in [3.05, 3.63) is 72.1 Å². The summed E-state index contributed by atoms with van der Waals surface area (Å²) >= 11 is 0. The molecule has 0 saturated carbocycles. The minimum absolute atomic E-state index is 0.550. The summed E-state index contributed by atoms with van der Waals surface area (Å²) in [6.45, 7) is 5.51. The Morgan fingerprint density at radius 3 is 2.55 bits per heavy atom. The minimum atomic E-state index is 0.550. The lowest BCUT2D eigenvalue weighted by molar-refractivity contribution is 0.202. The number of likely N-dealkylation sites (tertiary alicyclic amines) is 1. The van der Waals surface area contributed by atoms with Crippen LogP contribution >= 0.6 is 0 Å². The Morgan fingerprint density at radius 1 is 0.966 bits per heavy atom. The van der Waals surface area contributed by atoms with Crippen LogP contribution in [0.2, 0.25) is 0 Å². The van der Waals surface area contributed by atoms with E-state index < -0.39 is 0 Å². The third kappa shape index (κ3) is 4.00. The maximum Gasteiger partial charge on any atom is 0.114 e. The van der Waals surface area contributed by atoms with Crippen molar-refractivity contribution < 1.29 is 0 Å². The Morgan fingerprint density at radius 2 is 1.76 bits per heavy atom. The van der Waals surface area contributed by atoms with Crippen LogP contribution in [0.3, 0.4) is 0 Å². The summed E-state index contributed by atoms with van der Waals surface area (Å²) < 4.78 is 2.59. The van der Waals surface area contributed by atoms with E-state index in [4.69, 9.17) is 4.98 Å². The number of benzene rings is 2. The summed E-state index contributed by atoms with van der Waals surface area (Å²) in [5.41, 5.74) is 3.75. The number of fused-ring (bicyclic) bond motifs is 1. The molecule has 3 heterocycles. The van der Waals surface area contributed by atoms with E-state index in [0.717, 1.165) is 38.2 Å². The van der Waals surface area contributed by atoms with E-state index >= 15 is 0 Å². The third-order valence-electron chi connectivity index (χ3n) is 6.44. The first kappa shape index (κ1) is 18.6. The van der Waals surface area contributed by atoms with Crippen molar-refractivity contribution in [3.8, 4) is 0 Å². The van der Waals surface area contributed by atoms with Crippen LogP contribution in [0, 0.1) is 0 Å². The average Bonchev–Trinajstić information content (AvgIpc) is 3.43. The number of piperidine rings is 1. The summed E-state index contributed by atoms with van der Waals surface area (Å²) in [5.74, 6) is 1.85. The van der Waals surface area contributed by atoms with E-state index in [-0.39, 0.29) is 0 Å². The van der Waals surface area contributed by atoms with Crippen molar-refractivity contribution in [1.82, 2.24) is 19.8 Å². The highest BCUT2D eigenvalue weighted by Crippen LogP contribution is 2.33. The van der Waals surface area contributed by atoms with Gasteiger partial charge in [-0.05, 0) is 43.5 Å². The Balaban J connectivity index is 1.29. The van der Waals surface area contributed by atoms with Crippen molar-refractivity contribution in [2.75, 3.05) is 32.7 Å². The molecule has 1 aromatic heterocycles. The number of imidazole rings is 1. The second-order valence-electron chi connectivity index (χ2n) is 8.36. The molecule has 4 nitrogen and oxygen atoms in total.